The number of hydrogen-bond acceptors (Lipinski definition) is 4. The number of urea groups is 1. The fraction of sp³-hybridized carbons (Fsp3) is 0.350. The van der Waals surface area contributed by atoms with Gasteiger partial charge in [-0.3, -0.25) is 4.79 Å². The highest BCUT2D eigenvalue weighted by Crippen LogP contribution is 2.24. The summed E-state index contributed by atoms with van der Waals surface area (Å²) in [6.45, 7) is 5.27. The Bertz CT molecular complexity index is 836. The number of primary amides is 1. The van der Waals surface area contributed by atoms with Gasteiger partial charge in [0.2, 0.25) is 11.8 Å². The van der Waals surface area contributed by atoms with Crippen molar-refractivity contribution in [3.05, 3.63) is 53.2 Å². The number of pyridine rings is 1. The topological polar surface area (TPSA) is 97.5 Å². The van der Waals surface area contributed by atoms with Crippen molar-refractivity contribution in [2.45, 2.75) is 26.8 Å². The number of hydrogen-bond donors (Lipinski definition) is 2. The second-order valence-electron chi connectivity index (χ2n) is 6.87. The van der Waals surface area contributed by atoms with E-state index in [1.54, 1.807) is 17.2 Å². The van der Waals surface area contributed by atoms with Crippen LogP contribution in [0.4, 0.5) is 4.79 Å². The number of aromatic nitrogens is 1. The van der Waals surface area contributed by atoms with Crippen LogP contribution in [0.5, 0.6) is 11.6 Å². The molecule has 3 rings (SSSR count). The molecular weight excluding hydrogens is 344 g/mol. The lowest BCUT2D eigenvalue weighted by Gasteiger charge is -2.17. The Balaban J connectivity index is 1.53. The zero-order valence-electron chi connectivity index (χ0n) is 15.6. The van der Waals surface area contributed by atoms with E-state index >= 15 is 0 Å². The molecule has 1 aliphatic heterocycles. The molecule has 3 N–H and O–H groups in total. The molecule has 142 valence electrons. The average Bonchev–Trinajstić information content (AvgIpc) is 3.14. The molecule has 27 heavy (non-hydrogen) atoms. The Kier molecular flexibility index (Phi) is 5.59. The molecule has 0 unspecified atom stereocenters. The van der Waals surface area contributed by atoms with Crippen molar-refractivity contribution in [1.82, 2.24) is 15.2 Å². The van der Waals surface area contributed by atoms with Crippen molar-refractivity contribution < 1.29 is 14.3 Å². The van der Waals surface area contributed by atoms with Crippen LogP contribution in [0, 0.1) is 19.8 Å². The highest BCUT2D eigenvalue weighted by atomic mass is 16.5. The Labute approximate surface area is 158 Å². The molecule has 7 heteroatoms. The van der Waals surface area contributed by atoms with Crippen LogP contribution in [0.2, 0.25) is 0 Å². The number of nitrogens with two attached hydrogens (primary N) is 1. The van der Waals surface area contributed by atoms with E-state index in [1.807, 2.05) is 38.1 Å². The third kappa shape index (κ3) is 4.75. The van der Waals surface area contributed by atoms with Gasteiger partial charge in [-0.2, -0.15) is 0 Å². The maximum atomic E-state index is 12.2. The summed E-state index contributed by atoms with van der Waals surface area (Å²) in [7, 11) is 0. The van der Waals surface area contributed by atoms with Crippen molar-refractivity contribution in [3.8, 4) is 11.6 Å². The van der Waals surface area contributed by atoms with Gasteiger partial charge in [-0.15, -0.1) is 0 Å². The van der Waals surface area contributed by atoms with Crippen LogP contribution < -0.4 is 15.8 Å². The standard InChI is InChI=1S/C20H24N4O3/c1-13-3-4-14(2)17(9-13)27-18-6-5-15(10-22-18)11-23-20(26)24-8-7-16(12-24)19(21)25/h3-6,9-10,16H,7-8,11-12H2,1-2H3,(H2,21,25)(H,23,26)/t16-/m1/s1. The molecule has 1 aromatic carbocycles. The summed E-state index contributed by atoms with van der Waals surface area (Å²) >= 11 is 0. The molecule has 7 nitrogen and oxygen atoms in total. The number of rotatable bonds is 5. The zero-order valence-corrected chi connectivity index (χ0v) is 15.6. The maximum Gasteiger partial charge on any atom is 0.317 e. The van der Waals surface area contributed by atoms with E-state index in [2.05, 4.69) is 10.3 Å². The zero-order chi connectivity index (χ0) is 19.4. The number of ether oxygens (including phenoxy) is 1. The van der Waals surface area contributed by atoms with Crippen LogP contribution in [0.15, 0.2) is 36.5 Å². The molecular formula is C20H24N4O3. The first-order valence-corrected chi connectivity index (χ1v) is 8.94. The summed E-state index contributed by atoms with van der Waals surface area (Å²) in [5.74, 6) is 0.678. The van der Waals surface area contributed by atoms with Crippen LogP contribution in [0.25, 0.3) is 0 Å². The highest BCUT2D eigenvalue weighted by molar-refractivity contribution is 5.80. The van der Waals surface area contributed by atoms with Crippen LogP contribution in [0.3, 0.4) is 0 Å². The molecule has 0 radical (unpaired) electrons. The number of nitrogens with one attached hydrogen (secondary N) is 1. The van der Waals surface area contributed by atoms with Gasteiger partial charge in [0.05, 0.1) is 5.92 Å². The SMILES string of the molecule is Cc1ccc(C)c(Oc2ccc(CNC(=O)N3CC[C@@H](C(N)=O)C3)cn2)c1. The summed E-state index contributed by atoms with van der Waals surface area (Å²) in [5, 5.41) is 2.84. The Morgan fingerprint density at radius 1 is 1.30 bits per heavy atom. The second-order valence-corrected chi connectivity index (χ2v) is 6.87. The van der Waals surface area contributed by atoms with E-state index in [0.29, 0.717) is 31.9 Å². The van der Waals surface area contributed by atoms with E-state index in [0.717, 1.165) is 22.4 Å². The molecule has 1 aliphatic rings. The normalized spacial score (nSPS) is 16.2. The van der Waals surface area contributed by atoms with Crippen LogP contribution in [-0.2, 0) is 11.3 Å². The lowest BCUT2D eigenvalue weighted by atomic mass is 10.1. The number of likely N-dealkylation sites (tertiary alicyclic amines) is 1. The highest BCUT2D eigenvalue weighted by Gasteiger charge is 2.29. The average molecular weight is 368 g/mol. The monoisotopic (exact) mass is 368 g/mol. The number of amides is 3. The van der Waals surface area contributed by atoms with Crippen molar-refractivity contribution in [3.63, 3.8) is 0 Å². The molecule has 2 heterocycles. The van der Waals surface area contributed by atoms with Crippen molar-refractivity contribution >= 4 is 11.9 Å². The van der Waals surface area contributed by atoms with E-state index in [9.17, 15) is 9.59 Å². The number of carbonyl (C=O) groups excluding carboxylic acids is 2. The van der Waals surface area contributed by atoms with Crippen molar-refractivity contribution in [2.75, 3.05) is 13.1 Å². The number of nitrogens with zero attached hydrogens (tertiary/aromatic N) is 2. The molecule has 3 amide bonds. The molecule has 0 aliphatic carbocycles. The first-order valence-electron chi connectivity index (χ1n) is 8.94. The van der Waals surface area contributed by atoms with Gasteiger partial charge in [-0.1, -0.05) is 18.2 Å². The molecule has 1 saturated heterocycles. The predicted molar refractivity (Wildman–Crippen MR) is 101 cm³/mol. The molecule has 0 bridgehead atoms. The first kappa shape index (κ1) is 18.7. The molecule has 1 fully saturated rings. The summed E-state index contributed by atoms with van der Waals surface area (Å²) in [6, 6.07) is 9.46. The summed E-state index contributed by atoms with van der Waals surface area (Å²) in [5.41, 5.74) is 8.32. The van der Waals surface area contributed by atoms with Crippen LogP contribution in [-0.4, -0.2) is 34.9 Å². The Morgan fingerprint density at radius 2 is 2.11 bits per heavy atom. The van der Waals surface area contributed by atoms with Gasteiger partial charge < -0.3 is 20.7 Å². The third-order valence-electron chi connectivity index (χ3n) is 4.68. The quantitative estimate of drug-likeness (QED) is 0.847. The van der Waals surface area contributed by atoms with Gasteiger partial charge in [-0.05, 0) is 43.0 Å². The van der Waals surface area contributed by atoms with Gasteiger partial charge >= 0.3 is 6.03 Å². The van der Waals surface area contributed by atoms with Gasteiger partial charge in [0, 0.05) is 31.9 Å². The minimum atomic E-state index is -0.353. The van der Waals surface area contributed by atoms with Gasteiger partial charge in [0.15, 0.2) is 0 Å². The summed E-state index contributed by atoms with van der Waals surface area (Å²) in [6.07, 6.45) is 2.30. The van der Waals surface area contributed by atoms with E-state index in [-0.39, 0.29) is 17.9 Å². The van der Waals surface area contributed by atoms with E-state index in [1.165, 1.54) is 0 Å². The van der Waals surface area contributed by atoms with Crippen LogP contribution >= 0.6 is 0 Å². The van der Waals surface area contributed by atoms with Crippen molar-refractivity contribution in [2.24, 2.45) is 11.7 Å². The maximum absolute atomic E-state index is 12.2. The smallest absolute Gasteiger partial charge is 0.317 e. The van der Waals surface area contributed by atoms with E-state index < -0.39 is 0 Å². The third-order valence-corrected chi connectivity index (χ3v) is 4.68. The number of benzene rings is 1. The van der Waals surface area contributed by atoms with Crippen LogP contribution in [0.1, 0.15) is 23.1 Å². The molecule has 2 aromatic rings. The predicted octanol–water partition coefficient (Wildman–Crippen LogP) is 2.51. The number of carbonyl (C=O) groups is 2. The largest absolute Gasteiger partial charge is 0.439 e. The fourth-order valence-corrected chi connectivity index (χ4v) is 2.97. The lowest BCUT2D eigenvalue weighted by Crippen LogP contribution is -2.39. The molecule has 0 spiro atoms. The minimum absolute atomic E-state index is 0.200. The Hall–Kier alpha value is -3.09. The summed E-state index contributed by atoms with van der Waals surface area (Å²) < 4.78 is 5.84. The van der Waals surface area contributed by atoms with E-state index in [4.69, 9.17) is 10.5 Å². The van der Waals surface area contributed by atoms with Gasteiger partial charge in [0.25, 0.3) is 0 Å². The summed E-state index contributed by atoms with van der Waals surface area (Å²) in [4.78, 5) is 29.3. The number of aryl methyl sites for hydroxylation is 2. The lowest BCUT2D eigenvalue weighted by molar-refractivity contribution is -0.121. The fourth-order valence-electron chi connectivity index (χ4n) is 2.97. The Morgan fingerprint density at radius 3 is 2.78 bits per heavy atom. The minimum Gasteiger partial charge on any atom is -0.439 e. The second kappa shape index (κ2) is 8.07. The first-order chi connectivity index (χ1) is 12.9. The van der Waals surface area contributed by atoms with Gasteiger partial charge in [-0.25, -0.2) is 9.78 Å². The molecule has 1 atom stereocenters. The molecule has 0 saturated carbocycles. The van der Waals surface area contributed by atoms with Gasteiger partial charge in [0.1, 0.15) is 5.75 Å². The van der Waals surface area contributed by atoms with Crippen molar-refractivity contribution in [1.29, 1.82) is 0 Å². The molecule has 1 aromatic heterocycles.